The Labute approximate surface area is 113 Å². The van der Waals surface area contributed by atoms with E-state index < -0.39 is 0 Å². The second-order valence-electron chi connectivity index (χ2n) is 6.35. The third-order valence-corrected chi connectivity index (χ3v) is 5.01. The summed E-state index contributed by atoms with van der Waals surface area (Å²) < 4.78 is 0. The number of hydrogen-bond acceptors (Lipinski definition) is 2. The van der Waals surface area contributed by atoms with E-state index in [0.29, 0.717) is 0 Å². The maximum Gasteiger partial charge on any atom is 0.0124 e. The number of nitrogens with zero attached hydrogens (tertiary/aromatic N) is 1. The molecule has 1 atom stereocenters. The van der Waals surface area contributed by atoms with Crippen LogP contribution in [0.4, 0.5) is 0 Å². The third kappa shape index (κ3) is 4.24. The van der Waals surface area contributed by atoms with Crippen LogP contribution in [0.15, 0.2) is 0 Å². The highest BCUT2D eigenvalue weighted by Gasteiger charge is 2.32. The standard InChI is InChI=1S/C16H32N2/c17-12-6-2-1-3-7-13-18-14-8-11-16(18)15-9-4-5-10-15/h15-16H,1-14,17H2. The van der Waals surface area contributed by atoms with Crippen molar-refractivity contribution in [3.8, 4) is 0 Å². The van der Waals surface area contributed by atoms with Gasteiger partial charge in [0.2, 0.25) is 0 Å². The molecule has 1 unspecified atom stereocenters. The van der Waals surface area contributed by atoms with Gasteiger partial charge in [-0.05, 0) is 64.1 Å². The van der Waals surface area contributed by atoms with E-state index in [2.05, 4.69) is 4.90 Å². The third-order valence-electron chi connectivity index (χ3n) is 5.01. The van der Waals surface area contributed by atoms with Gasteiger partial charge in [0.05, 0.1) is 0 Å². The molecule has 2 nitrogen and oxygen atoms in total. The molecule has 0 aromatic carbocycles. The van der Waals surface area contributed by atoms with Crippen molar-refractivity contribution in [2.24, 2.45) is 11.7 Å². The maximum atomic E-state index is 5.52. The summed E-state index contributed by atoms with van der Waals surface area (Å²) in [5.74, 6) is 1.05. The summed E-state index contributed by atoms with van der Waals surface area (Å²) in [5, 5.41) is 0. The molecule has 1 saturated heterocycles. The van der Waals surface area contributed by atoms with Crippen molar-refractivity contribution in [3.05, 3.63) is 0 Å². The van der Waals surface area contributed by atoms with Crippen LogP contribution in [0.25, 0.3) is 0 Å². The molecule has 0 spiro atoms. The van der Waals surface area contributed by atoms with Crippen LogP contribution in [0.5, 0.6) is 0 Å². The average molecular weight is 252 g/mol. The topological polar surface area (TPSA) is 29.3 Å². The Hall–Kier alpha value is -0.0800. The lowest BCUT2D eigenvalue weighted by molar-refractivity contribution is 0.187. The number of nitrogens with two attached hydrogens (primary N) is 1. The van der Waals surface area contributed by atoms with Crippen LogP contribution < -0.4 is 5.73 Å². The first-order valence-corrected chi connectivity index (χ1v) is 8.36. The van der Waals surface area contributed by atoms with Gasteiger partial charge in [-0.1, -0.05) is 32.1 Å². The molecular weight excluding hydrogens is 220 g/mol. The van der Waals surface area contributed by atoms with Gasteiger partial charge in [-0.3, -0.25) is 0 Å². The highest BCUT2D eigenvalue weighted by atomic mass is 15.2. The quantitative estimate of drug-likeness (QED) is 0.669. The van der Waals surface area contributed by atoms with E-state index >= 15 is 0 Å². The van der Waals surface area contributed by atoms with Crippen LogP contribution in [-0.4, -0.2) is 30.6 Å². The molecule has 2 N–H and O–H groups in total. The molecule has 0 bridgehead atoms. The first kappa shape index (κ1) is 14.3. The molecule has 2 aliphatic rings. The summed E-state index contributed by atoms with van der Waals surface area (Å²) in [5.41, 5.74) is 5.52. The number of likely N-dealkylation sites (tertiary alicyclic amines) is 1. The minimum absolute atomic E-state index is 0.871. The minimum atomic E-state index is 0.871. The van der Waals surface area contributed by atoms with Crippen LogP contribution in [0.1, 0.15) is 70.6 Å². The van der Waals surface area contributed by atoms with E-state index in [1.165, 1.54) is 83.7 Å². The zero-order chi connectivity index (χ0) is 12.6. The monoisotopic (exact) mass is 252 g/mol. The van der Waals surface area contributed by atoms with Crippen molar-refractivity contribution in [2.75, 3.05) is 19.6 Å². The Kier molecular flexibility index (Phi) is 6.50. The molecule has 18 heavy (non-hydrogen) atoms. The first-order chi connectivity index (χ1) is 8.92. The van der Waals surface area contributed by atoms with E-state index in [9.17, 15) is 0 Å². The fourth-order valence-corrected chi connectivity index (χ4v) is 4.00. The SMILES string of the molecule is NCCCCCCCN1CCCC1C1CCCC1. The first-order valence-electron chi connectivity index (χ1n) is 8.36. The summed E-state index contributed by atoms with van der Waals surface area (Å²) in [4.78, 5) is 2.82. The van der Waals surface area contributed by atoms with Gasteiger partial charge in [0.25, 0.3) is 0 Å². The molecule has 0 amide bonds. The Morgan fingerprint density at radius 2 is 1.56 bits per heavy atom. The van der Waals surface area contributed by atoms with Crippen LogP contribution in [-0.2, 0) is 0 Å². The van der Waals surface area contributed by atoms with Gasteiger partial charge in [-0.25, -0.2) is 0 Å². The lowest BCUT2D eigenvalue weighted by Crippen LogP contribution is -2.35. The summed E-state index contributed by atoms with van der Waals surface area (Å²) in [6, 6.07) is 0.955. The minimum Gasteiger partial charge on any atom is -0.330 e. The fourth-order valence-electron chi connectivity index (χ4n) is 4.00. The molecule has 0 radical (unpaired) electrons. The summed E-state index contributed by atoms with van der Waals surface area (Å²) >= 11 is 0. The predicted octanol–water partition coefficient (Wildman–Crippen LogP) is 3.55. The number of unbranched alkanes of at least 4 members (excludes halogenated alkanes) is 4. The maximum absolute atomic E-state index is 5.52. The Bertz CT molecular complexity index is 211. The highest BCUT2D eigenvalue weighted by Crippen LogP contribution is 2.35. The van der Waals surface area contributed by atoms with E-state index in [1.54, 1.807) is 0 Å². The number of rotatable bonds is 8. The second kappa shape index (κ2) is 8.16. The average Bonchev–Trinajstić information content (AvgIpc) is 3.03. The smallest absolute Gasteiger partial charge is 0.0124 e. The van der Waals surface area contributed by atoms with Crippen LogP contribution in [0.3, 0.4) is 0 Å². The molecule has 0 aromatic rings. The van der Waals surface area contributed by atoms with Crippen molar-refractivity contribution in [2.45, 2.75) is 76.7 Å². The van der Waals surface area contributed by atoms with Crippen LogP contribution in [0.2, 0.25) is 0 Å². The molecule has 2 heteroatoms. The van der Waals surface area contributed by atoms with E-state index in [0.717, 1.165) is 18.5 Å². The van der Waals surface area contributed by atoms with Gasteiger partial charge < -0.3 is 10.6 Å². The largest absolute Gasteiger partial charge is 0.330 e. The zero-order valence-electron chi connectivity index (χ0n) is 12.1. The second-order valence-corrected chi connectivity index (χ2v) is 6.35. The normalized spacial score (nSPS) is 26.2. The van der Waals surface area contributed by atoms with Crippen molar-refractivity contribution < 1.29 is 0 Å². The molecule has 1 saturated carbocycles. The van der Waals surface area contributed by atoms with Crippen molar-refractivity contribution >= 4 is 0 Å². The molecule has 1 heterocycles. The van der Waals surface area contributed by atoms with Gasteiger partial charge in [-0.15, -0.1) is 0 Å². The van der Waals surface area contributed by atoms with Crippen molar-refractivity contribution in [1.82, 2.24) is 4.90 Å². The van der Waals surface area contributed by atoms with Crippen molar-refractivity contribution in [1.29, 1.82) is 0 Å². The summed E-state index contributed by atoms with van der Waals surface area (Å²) in [6.45, 7) is 3.61. The van der Waals surface area contributed by atoms with Gasteiger partial charge in [-0.2, -0.15) is 0 Å². The number of hydrogen-bond donors (Lipinski definition) is 1. The van der Waals surface area contributed by atoms with Crippen LogP contribution >= 0.6 is 0 Å². The predicted molar refractivity (Wildman–Crippen MR) is 78.7 cm³/mol. The summed E-state index contributed by atoms with van der Waals surface area (Å²) in [7, 11) is 0. The van der Waals surface area contributed by atoms with Gasteiger partial charge in [0.15, 0.2) is 0 Å². The fraction of sp³-hybridized carbons (Fsp3) is 1.00. The van der Waals surface area contributed by atoms with E-state index in [1.807, 2.05) is 0 Å². The lowest BCUT2D eigenvalue weighted by atomic mass is 9.96. The molecule has 2 rings (SSSR count). The molecule has 0 aromatic heterocycles. The van der Waals surface area contributed by atoms with E-state index in [-0.39, 0.29) is 0 Å². The Morgan fingerprint density at radius 3 is 2.33 bits per heavy atom. The molecule has 2 fully saturated rings. The van der Waals surface area contributed by atoms with Gasteiger partial charge in [0.1, 0.15) is 0 Å². The summed E-state index contributed by atoms with van der Waals surface area (Å²) in [6.07, 6.45) is 15.7. The highest BCUT2D eigenvalue weighted by molar-refractivity contribution is 4.87. The zero-order valence-corrected chi connectivity index (χ0v) is 12.1. The van der Waals surface area contributed by atoms with Gasteiger partial charge >= 0.3 is 0 Å². The molecule has 1 aliphatic carbocycles. The van der Waals surface area contributed by atoms with E-state index in [4.69, 9.17) is 5.73 Å². The Balaban J connectivity index is 1.59. The molecule has 1 aliphatic heterocycles. The van der Waals surface area contributed by atoms with Gasteiger partial charge in [0, 0.05) is 6.04 Å². The van der Waals surface area contributed by atoms with Crippen LogP contribution in [0, 0.1) is 5.92 Å². The lowest BCUT2D eigenvalue weighted by Gasteiger charge is -2.29. The molecule has 106 valence electrons. The van der Waals surface area contributed by atoms with Crippen molar-refractivity contribution in [3.63, 3.8) is 0 Å². The molecular formula is C16H32N2. The Morgan fingerprint density at radius 1 is 0.833 bits per heavy atom.